The molecule has 118 valence electrons. The summed E-state index contributed by atoms with van der Waals surface area (Å²) in [5.41, 5.74) is 2.40. The van der Waals surface area contributed by atoms with Gasteiger partial charge in [0.2, 0.25) is 0 Å². The molecule has 2 unspecified atom stereocenters. The molecule has 0 spiro atoms. The average Bonchev–Trinajstić information content (AvgIpc) is 2.67. The number of benzene rings is 1. The van der Waals surface area contributed by atoms with Crippen LogP contribution in [0.15, 0.2) is 16.6 Å². The first kappa shape index (κ1) is 16.7. The van der Waals surface area contributed by atoms with E-state index in [9.17, 15) is 0 Å². The normalized spacial score (nSPS) is 23.0. The van der Waals surface area contributed by atoms with Crippen LogP contribution < -0.4 is 10.1 Å². The zero-order valence-electron chi connectivity index (χ0n) is 13.7. The summed E-state index contributed by atoms with van der Waals surface area (Å²) in [7, 11) is 1.74. The number of hydrogen-bond donors (Lipinski definition) is 1. The largest absolute Gasteiger partial charge is 0.495 e. The minimum atomic E-state index is 0.572. The van der Waals surface area contributed by atoms with E-state index in [-0.39, 0.29) is 0 Å². The number of nitrogens with one attached hydrogen (secondary N) is 1. The van der Waals surface area contributed by atoms with Gasteiger partial charge < -0.3 is 10.1 Å². The molecule has 0 heterocycles. The maximum absolute atomic E-state index is 5.55. The maximum Gasteiger partial charge on any atom is 0.143 e. The highest BCUT2D eigenvalue weighted by atomic mass is 79.9. The molecule has 2 rings (SSSR count). The predicted molar refractivity (Wildman–Crippen MR) is 94.3 cm³/mol. The summed E-state index contributed by atoms with van der Waals surface area (Å²) in [4.78, 5) is 0. The topological polar surface area (TPSA) is 21.3 Å². The van der Waals surface area contributed by atoms with Crippen molar-refractivity contribution in [2.75, 3.05) is 12.4 Å². The Morgan fingerprint density at radius 2 is 1.95 bits per heavy atom. The van der Waals surface area contributed by atoms with E-state index in [0.717, 1.165) is 27.7 Å². The van der Waals surface area contributed by atoms with E-state index >= 15 is 0 Å². The van der Waals surface area contributed by atoms with Crippen LogP contribution in [0.4, 0.5) is 5.69 Å². The van der Waals surface area contributed by atoms with Gasteiger partial charge in [-0.2, -0.15) is 0 Å². The molecular weight excluding hydrogens is 326 g/mol. The van der Waals surface area contributed by atoms with Crippen LogP contribution in [0.1, 0.15) is 51.5 Å². The van der Waals surface area contributed by atoms with Gasteiger partial charge in [0.1, 0.15) is 5.75 Å². The van der Waals surface area contributed by atoms with Crippen molar-refractivity contribution < 1.29 is 4.74 Å². The molecule has 0 amide bonds. The second-order valence-electron chi connectivity index (χ2n) is 6.65. The van der Waals surface area contributed by atoms with Crippen LogP contribution in [-0.4, -0.2) is 13.2 Å². The Bertz CT molecular complexity index is 473. The summed E-state index contributed by atoms with van der Waals surface area (Å²) >= 11 is 3.54. The first-order valence-corrected chi connectivity index (χ1v) is 8.91. The summed E-state index contributed by atoms with van der Waals surface area (Å²) in [6, 6.07) is 4.77. The van der Waals surface area contributed by atoms with E-state index < -0.39 is 0 Å². The van der Waals surface area contributed by atoms with Crippen LogP contribution >= 0.6 is 15.9 Å². The molecule has 1 saturated carbocycles. The van der Waals surface area contributed by atoms with E-state index in [2.05, 4.69) is 48.1 Å². The molecule has 0 aromatic heterocycles. The van der Waals surface area contributed by atoms with Gasteiger partial charge in [0.25, 0.3) is 0 Å². The highest BCUT2D eigenvalue weighted by molar-refractivity contribution is 9.10. The number of methoxy groups -OCH3 is 1. The fraction of sp³-hybridized carbons (Fsp3) is 0.667. The summed E-state index contributed by atoms with van der Waals surface area (Å²) < 4.78 is 6.62. The minimum Gasteiger partial charge on any atom is -0.495 e. The molecule has 21 heavy (non-hydrogen) atoms. The molecule has 0 radical (unpaired) electrons. The van der Waals surface area contributed by atoms with Crippen LogP contribution in [0.5, 0.6) is 5.75 Å². The second-order valence-corrected chi connectivity index (χ2v) is 7.57. The Morgan fingerprint density at radius 3 is 2.62 bits per heavy atom. The molecular formula is C18H28BrNO. The molecule has 1 fully saturated rings. The van der Waals surface area contributed by atoms with E-state index in [4.69, 9.17) is 4.74 Å². The van der Waals surface area contributed by atoms with E-state index in [1.807, 2.05) is 6.07 Å². The second kappa shape index (κ2) is 7.53. The van der Waals surface area contributed by atoms with Crippen molar-refractivity contribution in [1.29, 1.82) is 0 Å². The number of anilines is 1. The average molecular weight is 354 g/mol. The molecule has 3 heteroatoms. The van der Waals surface area contributed by atoms with Crippen LogP contribution in [0.3, 0.4) is 0 Å². The highest BCUT2D eigenvalue weighted by Crippen LogP contribution is 2.35. The summed E-state index contributed by atoms with van der Waals surface area (Å²) in [5, 5.41) is 3.75. The molecule has 1 aliphatic carbocycles. The lowest BCUT2D eigenvalue weighted by Crippen LogP contribution is -2.20. The lowest BCUT2D eigenvalue weighted by molar-refractivity contribution is 0.341. The van der Waals surface area contributed by atoms with Crippen LogP contribution in [0.25, 0.3) is 0 Å². The van der Waals surface area contributed by atoms with Gasteiger partial charge >= 0.3 is 0 Å². The van der Waals surface area contributed by atoms with Crippen molar-refractivity contribution in [3.63, 3.8) is 0 Å². The van der Waals surface area contributed by atoms with E-state index in [0.29, 0.717) is 6.04 Å². The first-order chi connectivity index (χ1) is 10.0. The van der Waals surface area contributed by atoms with Gasteiger partial charge in [0.05, 0.1) is 12.8 Å². The van der Waals surface area contributed by atoms with Crippen molar-refractivity contribution >= 4 is 21.6 Å². The Labute approximate surface area is 137 Å². The zero-order chi connectivity index (χ0) is 15.4. The Balaban J connectivity index is 2.08. The number of halogens is 1. The zero-order valence-corrected chi connectivity index (χ0v) is 15.3. The molecule has 1 aromatic rings. The number of hydrogen-bond acceptors (Lipinski definition) is 2. The van der Waals surface area contributed by atoms with Gasteiger partial charge in [0.15, 0.2) is 0 Å². The Kier molecular flexibility index (Phi) is 5.98. The molecule has 1 aromatic carbocycles. The molecule has 0 saturated heterocycles. The van der Waals surface area contributed by atoms with Crippen LogP contribution in [-0.2, 0) is 0 Å². The van der Waals surface area contributed by atoms with Crippen molar-refractivity contribution in [1.82, 2.24) is 0 Å². The summed E-state index contributed by atoms with van der Waals surface area (Å²) in [6.45, 7) is 6.86. The van der Waals surface area contributed by atoms with Gasteiger partial charge in [-0.3, -0.25) is 0 Å². The van der Waals surface area contributed by atoms with Gasteiger partial charge in [-0.1, -0.05) is 42.6 Å². The minimum absolute atomic E-state index is 0.572. The van der Waals surface area contributed by atoms with Crippen LogP contribution in [0, 0.1) is 18.8 Å². The molecule has 1 N–H and O–H groups in total. The van der Waals surface area contributed by atoms with Crippen molar-refractivity contribution in [2.24, 2.45) is 11.8 Å². The standard InChI is InChI=1S/C18H28BrNO/c1-12(2)14-6-5-7-16(9-8-14)20-18-13(3)10-15(19)11-17(18)21-4/h10-12,14,16,20H,5-9H2,1-4H3. The van der Waals surface area contributed by atoms with E-state index in [1.165, 1.54) is 37.7 Å². The fourth-order valence-corrected chi connectivity index (χ4v) is 3.96. The van der Waals surface area contributed by atoms with Crippen molar-refractivity contribution in [2.45, 2.75) is 58.9 Å². The third kappa shape index (κ3) is 4.38. The van der Waals surface area contributed by atoms with Gasteiger partial charge in [-0.25, -0.2) is 0 Å². The van der Waals surface area contributed by atoms with Gasteiger partial charge in [0, 0.05) is 10.5 Å². The third-order valence-corrected chi connectivity index (χ3v) is 5.25. The lowest BCUT2D eigenvalue weighted by atomic mass is 9.89. The van der Waals surface area contributed by atoms with Gasteiger partial charge in [-0.05, 0) is 55.7 Å². The monoisotopic (exact) mass is 353 g/mol. The van der Waals surface area contributed by atoms with E-state index in [1.54, 1.807) is 7.11 Å². The Morgan fingerprint density at radius 1 is 1.19 bits per heavy atom. The molecule has 0 bridgehead atoms. The fourth-order valence-electron chi connectivity index (χ4n) is 3.40. The number of aryl methyl sites for hydroxylation is 1. The number of ether oxygens (including phenoxy) is 1. The highest BCUT2D eigenvalue weighted by Gasteiger charge is 2.22. The summed E-state index contributed by atoms with van der Waals surface area (Å²) in [5.74, 6) is 2.64. The lowest BCUT2D eigenvalue weighted by Gasteiger charge is -2.22. The van der Waals surface area contributed by atoms with Crippen molar-refractivity contribution in [3.05, 3.63) is 22.2 Å². The quantitative estimate of drug-likeness (QED) is 0.692. The molecule has 0 aliphatic heterocycles. The number of rotatable bonds is 4. The predicted octanol–water partition coefficient (Wildman–Crippen LogP) is 5.78. The smallest absolute Gasteiger partial charge is 0.143 e. The molecule has 1 aliphatic rings. The summed E-state index contributed by atoms with van der Waals surface area (Å²) in [6.07, 6.45) is 6.58. The third-order valence-electron chi connectivity index (χ3n) is 4.79. The Hall–Kier alpha value is -0.700. The first-order valence-electron chi connectivity index (χ1n) is 8.12. The SMILES string of the molecule is COc1cc(Br)cc(C)c1NC1CCCC(C(C)C)CC1. The maximum atomic E-state index is 5.55. The van der Waals surface area contributed by atoms with Crippen molar-refractivity contribution in [3.8, 4) is 5.75 Å². The van der Waals surface area contributed by atoms with Gasteiger partial charge in [-0.15, -0.1) is 0 Å². The molecule has 2 atom stereocenters. The van der Waals surface area contributed by atoms with Crippen LogP contribution in [0.2, 0.25) is 0 Å². The molecule has 2 nitrogen and oxygen atoms in total.